The molecule has 1 aromatic rings. The number of hydrogen-bond acceptors (Lipinski definition) is 5. The molecule has 140 valence electrons. The molecule has 0 bridgehead atoms. The Morgan fingerprint density at radius 1 is 1.32 bits per heavy atom. The van der Waals surface area contributed by atoms with Crippen molar-refractivity contribution in [2.24, 2.45) is 7.05 Å². The van der Waals surface area contributed by atoms with Crippen LogP contribution in [0.3, 0.4) is 0 Å². The maximum Gasteiger partial charge on any atom is 0.407 e. The third kappa shape index (κ3) is 5.22. The van der Waals surface area contributed by atoms with Gasteiger partial charge in [-0.2, -0.15) is 0 Å². The highest BCUT2D eigenvalue weighted by molar-refractivity contribution is 5.88. The number of ether oxygens (including phenoxy) is 2. The highest BCUT2D eigenvalue weighted by atomic mass is 16.6. The molecule has 0 saturated carbocycles. The zero-order valence-electron chi connectivity index (χ0n) is 15.8. The van der Waals surface area contributed by atoms with Gasteiger partial charge in [0.05, 0.1) is 6.61 Å². The Morgan fingerprint density at radius 3 is 2.68 bits per heavy atom. The first-order valence-corrected chi connectivity index (χ1v) is 8.75. The van der Waals surface area contributed by atoms with Crippen LogP contribution in [-0.2, 0) is 29.5 Å². The monoisotopic (exact) mass is 351 g/mol. The van der Waals surface area contributed by atoms with E-state index < -0.39 is 11.7 Å². The van der Waals surface area contributed by atoms with E-state index in [0.29, 0.717) is 18.8 Å². The third-order valence-corrected chi connectivity index (χ3v) is 4.09. The number of aromatic nitrogens is 1. The first-order valence-electron chi connectivity index (χ1n) is 8.75. The minimum atomic E-state index is -0.488. The first kappa shape index (κ1) is 19.3. The van der Waals surface area contributed by atoms with E-state index in [4.69, 9.17) is 9.47 Å². The number of carbonyl (C=O) groups excluding carboxylic acids is 2. The number of carbonyl (C=O) groups is 2. The molecule has 25 heavy (non-hydrogen) atoms. The lowest BCUT2D eigenvalue weighted by Crippen LogP contribution is -2.39. The minimum Gasteiger partial charge on any atom is -0.461 e. The van der Waals surface area contributed by atoms with Gasteiger partial charge in [-0.1, -0.05) is 0 Å². The van der Waals surface area contributed by atoms with Gasteiger partial charge in [-0.25, -0.2) is 9.59 Å². The van der Waals surface area contributed by atoms with Crippen LogP contribution >= 0.6 is 0 Å². The van der Waals surface area contributed by atoms with E-state index in [1.54, 1.807) is 6.92 Å². The summed E-state index contributed by atoms with van der Waals surface area (Å²) in [5.41, 5.74) is 2.44. The molecule has 7 heteroatoms. The number of alkyl carbamates (subject to hydrolysis) is 1. The predicted octanol–water partition coefficient (Wildman–Crippen LogP) is 2.08. The van der Waals surface area contributed by atoms with Crippen molar-refractivity contribution in [2.75, 3.05) is 26.2 Å². The van der Waals surface area contributed by atoms with Gasteiger partial charge in [0.25, 0.3) is 0 Å². The Balaban J connectivity index is 1.88. The van der Waals surface area contributed by atoms with E-state index in [9.17, 15) is 9.59 Å². The van der Waals surface area contributed by atoms with E-state index in [2.05, 4.69) is 10.2 Å². The van der Waals surface area contributed by atoms with Crippen molar-refractivity contribution >= 4 is 12.1 Å². The molecular weight excluding hydrogens is 322 g/mol. The van der Waals surface area contributed by atoms with Crippen LogP contribution in [0.4, 0.5) is 4.79 Å². The Bertz CT molecular complexity index is 631. The lowest BCUT2D eigenvalue weighted by molar-refractivity contribution is 0.0507. The van der Waals surface area contributed by atoms with Gasteiger partial charge < -0.3 is 19.4 Å². The second-order valence-corrected chi connectivity index (χ2v) is 7.24. The van der Waals surface area contributed by atoms with Crippen molar-refractivity contribution in [3.05, 3.63) is 23.0 Å². The SMILES string of the molecule is CCOC(=O)c1cc2c(n1C)CCN(CCNC(=O)OC(C)(C)C)C2. The molecule has 1 aliphatic heterocycles. The van der Waals surface area contributed by atoms with Crippen molar-refractivity contribution in [1.82, 2.24) is 14.8 Å². The van der Waals surface area contributed by atoms with Crippen molar-refractivity contribution in [2.45, 2.75) is 46.3 Å². The van der Waals surface area contributed by atoms with E-state index in [1.807, 2.05) is 38.5 Å². The van der Waals surface area contributed by atoms with Crippen LogP contribution in [0, 0.1) is 0 Å². The molecule has 2 rings (SSSR count). The summed E-state index contributed by atoms with van der Waals surface area (Å²) >= 11 is 0. The summed E-state index contributed by atoms with van der Waals surface area (Å²) < 4.78 is 12.3. The van der Waals surface area contributed by atoms with Crippen molar-refractivity contribution in [1.29, 1.82) is 0 Å². The lowest BCUT2D eigenvalue weighted by Gasteiger charge is -2.27. The standard InChI is InChI=1S/C18H29N3O4/c1-6-24-16(22)15-11-13-12-21(9-7-14(13)20(15)5)10-8-19-17(23)25-18(2,3)4/h11H,6-10,12H2,1-5H3,(H,19,23). The number of amides is 1. The van der Waals surface area contributed by atoms with Gasteiger partial charge in [-0.3, -0.25) is 4.90 Å². The average molecular weight is 351 g/mol. The molecule has 0 unspecified atom stereocenters. The van der Waals surface area contributed by atoms with Gasteiger partial charge in [0.1, 0.15) is 11.3 Å². The Kier molecular flexibility index (Phi) is 6.11. The Hall–Kier alpha value is -2.02. The van der Waals surface area contributed by atoms with E-state index >= 15 is 0 Å². The van der Waals surface area contributed by atoms with Crippen LogP contribution in [0.15, 0.2) is 6.07 Å². The molecule has 0 aliphatic carbocycles. The molecule has 0 atom stereocenters. The second kappa shape index (κ2) is 7.91. The summed E-state index contributed by atoms with van der Waals surface area (Å²) in [7, 11) is 1.91. The fourth-order valence-electron chi connectivity index (χ4n) is 2.98. The Labute approximate surface area is 149 Å². The largest absolute Gasteiger partial charge is 0.461 e. The highest BCUT2D eigenvalue weighted by Gasteiger charge is 2.24. The molecule has 2 heterocycles. The molecule has 1 aromatic heterocycles. The summed E-state index contributed by atoms with van der Waals surface area (Å²) in [6, 6.07) is 1.92. The molecule has 7 nitrogen and oxygen atoms in total. The van der Waals surface area contributed by atoms with E-state index in [1.165, 1.54) is 5.69 Å². The van der Waals surface area contributed by atoms with Gasteiger partial charge >= 0.3 is 12.1 Å². The number of esters is 1. The van der Waals surface area contributed by atoms with Crippen LogP contribution in [0.25, 0.3) is 0 Å². The number of fused-ring (bicyclic) bond motifs is 1. The van der Waals surface area contributed by atoms with Gasteiger partial charge in [-0.15, -0.1) is 0 Å². The topological polar surface area (TPSA) is 72.8 Å². The zero-order valence-corrected chi connectivity index (χ0v) is 15.8. The average Bonchev–Trinajstić information content (AvgIpc) is 2.82. The molecular formula is C18H29N3O4. The van der Waals surface area contributed by atoms with Crippen LogP contribution in [-0.4, -0.2) is 53.4 Å². The maximum absolute atomic E-state index is 12.0. The highest BCUT2D eigenvalue weighted by Crippen LogP contribution is 2.22. The summed E-state index contributed by atoms with van der Waals surface area (Å²) in [5, 5.41) is 2.78. The zero-order chi connectivity index (χ0) is 18.6. The second-order valence-electron chi connectivity index (χ2n) is 7.24. The summed E-state index contributed by atoms with van der Waals surface area (Å²) in [5.74, 6) is -0.280. The summed E-state index contributed by atoms with van der Waals surface area (Å²) in [6.07, 6.45) is 0.479. The fraction of sp³-hybridized carbons (Fsp3) is 0.667. The smallest absolute Gasteiger partial charge is 0.407 e. The maximum atomic E-state index is 12.0. The van der Waals surface area contributed by atoms with Crippen molar-refractivity contribution in [3.8, 4) is 0 Å². The Morgan fingerprint density at radius 2 is 2.04 bits per heavy atom. The number of hydrogen-bond donors (Lipinski definition) is 1. The molecule has 1 N–H and O–H groups in total. The number of nitrogens with one attached hydrogen (secondary N) is 1. The normalized spacial score (nSPS) is 14.8. The number of nitrogens with zero attached hydrogens (tertiary/aromatic N) is 2. The summed E-state index contributed by atoms with van der Waals surface area (Å²) in [4.78, 5) is 25.9. The van der Waals surface area contributed by atoms with Crippen LogP contribution in [0.2, 0.25) is 0 Å². The molecule has 0 saturated heterocycles. The van der Waals surface area contributed by atoms with Crippen LogP contribution in [0.1, 0.15) is 49.4 Å². The van der Waals surface area contributed by atoms with Gasteiger partial charge in [0.15, 0.2) is 0 Å². The van der Waals surface area contributed by atoms with Gasteiger partial charge in [0.2, 0.25) is 0 Å². The van der Waals surface area contributed by atoms with Crippen LogP contribution in [0.5, 0.6) is 0 Å². The number of rotatable bonds is 5. The van der Waals surface area contributed by atoms with E-state index in [-0.39, 0.29) is 5.97 Å². The quantitative estimate of drug-likeness (QED) is 0.823. The van der Waals surface area contributed by atoms with Crippen molar-refractivity contribution in [3.63, 3.8) is 0 Å². The van der Waals surface area contributed by atoms with E-state index in [0.717, 1.165) is 31.6 Å². The summed E-state index contributed by atoms with van der Waals surface area (Å²) in [6.45, 7) is 10.6. The minimum absolute atomic E-state index is 0.280. The molecule has 1 aliphatic rings. The molecule has 0 radical (unpaired) electrons. The molecule has 0 fully saturated rings. The van der Waals surface area contributed by atoms with Gasteiger partial charge in [0, 0.05) is 45.3 Å². The molecule has 0 spiro atoms. The fourth-order valence-corrected chi connectivity index (χ4v) is 2.98. The third-order valence-electron chi connectivity index (χ3n) is 4.09. The van der Waals surface area contributed by atoms with Crippen LogP contribution < -0.4 is 5.32 Å². The van der Waals surface area contributed by atoms with Crippen molar-refractivity contribution < 1.29 is 19.1 Å². The van der Waals surface area contributed by atoms with Gasteiger partial charge in [-0.05, 0) is 39.3 Å². The predicted molar refractivity (Wildman–Crippen MR) is 94.6 cm³/mol. The molecule has 0 aromatic carbocycles. The lowest BCUT2D eigenvalue weighted by atomic mass is 10.1. The first-order chi connectivity index (χ1) is 11.7. The molecule has 1 amide bonds.